The molecule has 0 radical (unpaired) electrons. The fourth-order valence-corrected chi connectivity index (χ4v) is 2.52. The van der Waals surface area contributed by atoms with Gasteiger partial charge in [-0.2, -0.15) is 0 Å². The molecule has 0 bridgehead atoms. The summed E-state index contributed by atoms with van der Waals surface area (Å²) in [6.45, 7) is 6.27. The number of urea groups is 1. The van der Waals surface area contributed by atoms with Crippen LogP contribution in [-0.4, -0.2) is 31.9 Å². The van der Waals surface area contributed by atoms with Crippen molar-refractivity contribution in [3.05, 3.63) is 24.3 Å². The van der Waals surface area contributed by atoms with Gasteiger partial charge in [-0.1, -0.05) is 12.1 Å². The van der Waals surface area contributed by atoms with Crippen LogP contribution in [0.2, 0.25) is 0 Å². The van der Waals surface area contributed by atoms with Crippen LogP contribution in [0.5, 0.6) is 5.75 Å². The summed E-state index contributed by atoms with van der Waals surface area (Å²) < 4.78 is 11.1. The summed E-state index contributed by atoms with van der Waals surface area (Å²) in [7, 11) is 0. The number of benzene rings is 1. The quantitative estimate of drug-likeness (QED) is 0.846. The number of rotatable bonds is 6. The van der Waals surface area contributed by atoms with Crippen LogP contribution in [0.4, 0.5) is 10.5 Å². The highest BCUT2D eigenvalue weighted by Crippen LogP contribution is 2.24. The molecule has 2 amide bonds. The van der Waals surface area contributed by atoms with E-state index >= 15 is 0 Å². The third-order valence-corrected chi connectivity index (χ3v) is 3.59. The Balaban J connectivity index is 1.76. The summed E-state index contributed by atoms with van der Waals surface area (Å²) in [5, 5.41) is 5.75. The smallest absolute Gasteiger partial charge is 0.319 e. The Morgan fingerprint density at radius 2 is 2.23 bits per heavy atom. The summed E-state index contributed by atoms with van der Waals surface area (Å²) >= 11 is 0. The predicted octanol–water partition coefficient (Wildman–Crippen LogP) is 3.41. The summed E-state index contributed by atoms with van der Waals surface area (Å²) in [6.07, 6.45) is 3.33. The molecule has 1 fully saturated rings. The molecule has 0 unspecified atom stereocenters. The second kappa shape index (κ2) is 8.63. The standard InChI is InChI=1S/C17H26N2O3/c1-13(2)22-16-8-4-3-7-15(16)19-17(20)18-10-9-14-6-5-11-21-12-14/h3-4,7-8,13-14H,5-6,9-12H2,1-2H3,(H2,18,19,20)/t14-/m1/s1. The lowest BCUT2D eigenvalue weighted by Crippen LogP contribution is -2.32. The normalized spacial score (nSPS) is 18.0. The Morgan fingerprint density at radius 3 is 2.95 bits per heavy atom. The molecule has 0 spiro atoms. The average Bonchev–Trinajstić information content (AvgIpc) is 2.50. The highest BCUT2D eigenvalue weighted by molar-refractivity contribution is 5.90. The molecule has 0 saturated carbocycles. The van der Waals surface area contributed by atoms with Crippen molar-refractivity contribution >= 4 is 11.7 Å². The molecule has 0 aliphatic carbocycles. The van der Waals surface area contributed by atoms with Crippen molar-refractivity contribution < 1.29 is 14.3 Å². The SMILES string of the molecule is CC(C)Oc1ccccc1NC(=O)NCC[C@H]1CCCOC1. The highest BCUT2D eigenvalue weighted by atomic mass is 16.5. The van der Waals surface area contributed by atoms with Crippen LogP contribution in [0.3, 0.4) is 0 Å². The van der Waals surface area contributed by atoms with E-state index in [0.717, 1.165) is 26.1 Å². The van der Waals surface area contributed by atoms with E-state index in [4.69, 9.17) is 9.47 Å². The van der Waals surface area contributed by atoms with E-state index in [0.29, 0.717) is 23.9 Å². The van der Waals surface area contributed by atoms with Gasteiger partial charge in [0.15, 0.2) is 0 Å². The minimum absolute atomic E-state index is 0.0670. The molecule has 2 rings (SSSR count). The molecular formula is C17H26N2O3. The fourth-order valence-electron chi connectivity index (χ4n) is 2.52. The summed E-state index contributed by atoms with van der Waals surface area (Å²) in [6, 6.07) is 7.27. The fraction of sp³-hybridized carbons (Fsp3) is 0.588. The average molecular weight is 306 g/mol. The Labute approximate surface area is 132 Å². The maximum absolute atomic E-state index is 12.0. The van der Waals surface area contributed by atoms with Gasteiger partial charge < -0.3 is 20.1 Å². The van der Waals surface area contributed by atoms with Crippen LogP contribution in [0.15, 0.2) is 24.3 Å². The number of carbonyl (C=O) groups is 1. The van der Waals surface area contributed by atoms with Crippen molar-refractivity contribution in [1.29, 1.82) is 0 Å². The van der Waals surface area contributed by atoms with E-state index in [9.17, 15) is 4.79 Å². The lowest BCUT2D eigenvalue weighted by Gasteiger charge is -2.22. The van der Waals surface area contributed by atoms with Crippen LogP contribution in [0, 0.1) is 5.92 Å². The highest BCUT2D eigenvalue weighted by Gasteiger charge is 2.14. The minimum atomic E-state index is -0.198. The van der Waals surface area contributed by atoms with Gasteiger partial charge in [-0.15, -0.1) is 0 Å². The molecule has 5 nitrogen and oxygen atoms in total. The van der Waals surface area contributed by atoms with Crippen LogP contribution >= 0.6 is 0 Å². The Bertz CT molecular complexity index is 471. The van der Waals surface area contributed by atoms with E-state index in [2.05, 4.69) is 10.6 Å². The zero-order chi connectivity index (χ0) is 15.8. The number of ether oxygens (including phenoxy) is 2. The first-order valence-electron chi connectivity index (χ1n) is 8.03. The second-order valence-corrected chi connectivity index (χ2v) is 5.92. The number of hydrogen-bond acceptors (Lipinski definition) is 3. The molecule has 1 aromatic carbocycles. The molecule has 1 atom stereocenters. The molecule has 1 aromatic rings. The number of carbonyl (C=O) groups excluding carboxylic acids is 1. The molecule has 5 heteroatoms. The van der Waals surface area contributed by atoms with Gasteiger partial charge in [0.05, 0.1) is 11.8 Å². The molecule has 1 heterocycles. The van der Waals surface area contributed by atoms with Crippen molar-refractivity contribution in [2.24, 2.45) is 5.92 Å². The molecule has 122 valence electrons. The summed E-state index contributed by atoms with van der Waals surface area (Å²) in [5.41, 5.74) is 0.690. The lowest BCUT2D eigenvalue weighted by atomic mass is 9.99. The molecular weight excluding hydrogens is 280 g/mol. The summed E-state index contributed by atoms with van der Waals surface area (Å²) in [4.78, 5) is 12.0. The van der Waals surface area contributed by atoms with Crippen molar-refractivity contribution in [3.63, 3.8) is 0 Å². The van der Waals surface area contributed by atoms with Gasteiger partial charge >= 0.3 is 6.03 Å². The Morgan fingerprint density at radius 1 is 1.41 bits per heavy atom. The molecule has 2 N–H and O–H groups in total. The zero-order valence-corrected chi connectivity index (χ0v) is 13.4. The van der Waals surface area contributed by atoms with Gasteiger partial charge in [-0.25, -0.2) is 4.79 Å². The molecule has 1 saturated heterocycles. The lowest BCUT2D eigenvalue weighted by molar-refractivity contribution is 0.0520. The third-order valence-electron chi connectivity index (χ3n) is 3.59. The maximum Gasteiger partial charge on any atom is 0.319 e. The topological polar surface area (TPSA) is 59.6 Å². The van der Waals surface area contributed by atoms with Crippen LogP contribution in [0.25, 0.3) is 0 Å². The molecule has 1 aliphatic heterocycles. The number of anilines is 1. The zero-order valence-electron chi connectivity index (χ0n) is 13.4. The molecule has 1 aliphatic rings. The Hall–Kier alpha value is -1.75. The Kier molecular flexibility index (Phi) is 6.52. The summed E-state index contributed by atoms with van der Waals surface area (Å²) in [5.74, 6) is 1.25. The first-order chi connectivity index (χ1) is 10.6. The van der Waals surface area contributed by atoms with E-state index in [-0.39, 0.29) is 12.1 Å². The van der Waals surface area contributed by atoms with E-state index in [1.807, 2.05) is 38.1 Å². The predicted molar refractivity (Wildman–Crippen MR) is 87.4 cm³/mol. The van der Waals surface area contributed by atoms with Crippen LogP contribution in [-0.2, 0) is 4.74 Å². The second-order valence-electron chi connectivity index (χ2n) is 5.92. The van der Waals surface area contributed by atoms with Gasteiger partial charge in [0.1, 0.15) is 5.75 Å². The van der Waals surface area contributed by atoms with E-state index < -0.39 is 0 Å². The van der Waals surface area contributed by atoms with Gasteiger partial charge in [-0.3, -0.25) is 0 Å². The van der Waals surface area contributed by atoms with Crippen molar-refractivity contribution in [2.45, 2.75) is 39.2 Å². The number of amides is 2. The van der Waals surface area contributed by atoms with Crippen molar-refractivity contribution in [3.8, 4) is 5.75 Å². The van der Waals surface area contributed by atoms with Gasteiger partial charge in [0.25, 0.3) is 0 Å². The number of para-hydroxylation sites is 2. The number of nitrogens with one attached hydrogen (secondary N) is 2. The third kappa shape index (κ3) is 5.56. The van der Waals surface area contributed by atoms with Crippen molar-refractivity contribution in [1.82, 2.24) is 5.32 Å². The van der Waals surface area contributed by atoms with Crippen LogP contribution in [0.1, 0.15) is 33.1 Å². The van der Waals surface area contributed by atoms with E-state index in [1.165, 1.54) is 6.42 Å². The largest absolute Gasteiger partial charge is 0.489 e. The monoisotopic (exact) mass is 306 g/mol. The van der Waals surface area contributed by atoms with Gasteiger partial charge in [0, 0.05) is 19.8 Å². The molecule has 0 aromatic heterocycles. The van der Waals surface area contributed by atoms with Crippen molar-refractivity contribution in [2.75, 3.05) is 25.1 Å². The minimum Gasteiger partial charge on any atom is -0.489 e. The maximum atomic E-state index is 12.0. The first kappa shape index (κ1) is 16.6. The van der Waals surface area contributed by atoms with Gasteiger partial charge in [0.2, 0.25) is 0 Å². The molecule has 22 heavy (non-hydrogen) atoms. The van der Waals surface area contributed by atoms with Crippen LogP contribution < -0.4 is 15.4 Å². The van der Waals surface area contributed by atoms with Gasteiger partial charge in [-0.05, 0) is 51.2 Å². The van der Waals surface area contributed by atoms with E-state index in [1.54, 1.807) is 0 Å². The number of hydrogen-bond donors (Lipinski definition) is 2. The first-order valence-corrected chi connectivity index (χ1v) is 8.03.